The number of hydrogen-bond acceptors (Lipinski definition) is 6. The summed E-state index contributed by atoms with van der Waals surface area (Å²) in [5.41, 5.74) is 2.08. The molecule has 3 heterocycles. The van der Waals surface area contributed by atoms with E-state index in [2.05, 4.69) is 24.8 Å². The third kappa shape index (κ3) is 6.45. The van der Waals surface area contributed by atoms with Crippen molar-refractivity contribution in [3.63, 3.8) is 0 Å². The van der Waals surface area contributed by atoms with E-state index in [4.69, 9.17) is 14.1 Å². The van der Waals surface area contributed by atoms with Gasteiger partial charge in [-0.2, -0.15) is 0 Å². The molecule has 2 aromatic heterocycles. The molecule has 1 fully saturated rings. The molecular formula is C26H33N3O3S. The average Bonchev–Trinajstić information content (AvgIpc) is 3.53. The van der Waals surface area contributed by atoms with Gasteiger partial charge < -0.3 is 19.0 Å². The average molecular weight is 468 g/mol. The molecule has 3 aromatic rings. The molecule has 0 spiro atoms. The number of carbonyl (C=O) groups is 1. The lowest BCUT2D eigenvalue weighted by Gasteiger charge is -2.29. The van der Waals surface area contributed by atoms with Crippen LogP contribution in [0.4, 0.5) is 0 Å². The summed E-state index contributed by atoms with van der Waals surface area (Å²) in [5.74, 6) is 1.58. The van der Waals surface area contributed by atoms with Gasteiger partial charge in [-0.05, 0) is 55.6 Å². The fourth-order valence-electron chi connectivity index (χ4n) is 4.17. The summed E-state index contributed by atoms with van der Waals surface area (Å²) in [4.78, 5) is 22.1. The summed E-state index contributed by atoms with van der Waals surface area (Å²) in [6.45, 7) is 8.97. The molecule has 1 aromatic carbocycles. The second kappa shape index (κ2) is 11.5. The summed E-state index contributed by atoms with van der Waals surface area (Å²) in [6, 6.07) is 11.6. The highest BCUT2D eigenvalue weighted by Crippen LogP contribution is 2.27. The number of amides is 1. The summed E-state index contributed by atoms with van der Waals surface area (Å²) in [5, 5.41) is 2.93. The SMILES string of the molecule is CC(C)c1ccccc1OCc1nc(CN(CCN2CCCCC2)C(=O)c2ccco2)cs1. The molecule has 176 valence electrons. The van der Waals surface area contributed by atoms with Gasteiger partial charge >= 0.3 is 0 Å². The van der Waals surface area contributed by atoms with Gasteiger partial charge in [0.15, 0.2) is 5.76 Å². The molecule has 6 nitrogen and oxygen atoms in total. The van der Waals surface area contributed by atoms with Crippen LogP contribution in [0.3, 0.4) is 0 Å². The van der Waals surface area contributed by atoms with E-state index in [0.29, 0.717) is 31.4 Å². The van der Waals surface area contributed by atoms with Crippen LogP contribution < -0.4 is 4.74 Å². The molecule has 0 N–H and O–H groups in total. The standard InChI is InChI=1S/C26H33N3O3S/c1-20(2)22-9-4-5-10-23(22)32-18-25-27-21(19-33-25)17-29(26(30)24-11-8-16-31-24)15-14-28-12-6-3-7-13-28/h4-5,8-11,16,19-20H,3,6-7,12-15,17-18H2,1-2H3. The van der Waals surface area contributed by atoms with Gasteiger partial charge in [-0.15, -0.1) is 11.3 Å². The van der Waals surface area contributed by atoms with Crippen LogP contribution in [0.25, 0.3) is 0 Å². The minimum absolute atomic E-state index is 0.0892. The fourth-order valence-corrected chi connectivity index (χ4v) is 4.86. The molecule has 1 aliphatic heterocycles. The van der Waals surface area contributed by atoms with Crippen molar-refractivity contribution in [2.75, 3.05) is 26.2 Å². The summed E-state index contributed by atoms with van der Waals surface area (Å²) in [7, 11) is 0. The highest BCUT2D eigenvalue weighted by molar-refractivity contribution is 7.09. The molecule has 1 amide bonds. The number of likely N-dealkylation sites (tertiary alicyclic amines) is 1. The van der Waals surface area contributed by atoms with Crippen LogP contribution in [0.2, 0.25) is 0 Å². The lowest BCUT2D eigenvalue weighted by atomic mass is 10.0. The number of carbonyl (C=O) groups excluding carboxylic acids is 1. The Bertz CT molecular complexity index is 1010. The number of furan rings is 1. The van der Waals surface area contributed by atoms with Crippen LogP contribution >= 0.6 is 11.3 Å². The maximum atomic E-state index is 13.1. The van der Waals surface area contributed by atoms with Crippen LogP contribution in [0.1, 0.15) is 65.8 Å². The number of nitrogens with zero attached hydrogens (tertiary/aromatic N) is 3. The van der Waals surface area contributed by atoms with E-state index in [9.17, 15) is 4.79 Å². The van der Waals surface area contributed by atoms with Gasteiger partial charge in [-0.3, -0.25) is 4.79 Å². The quantitative estimate of drug-likeness (QED) is 0.390. The number of piperidine rings is 1. The summed E-state index contributed by atoms with van der Waals surface area (Å²) >= 11 is 1.57. The van der Waals surface area contributed by atoms with Crippen LogP contribution in [-0.4, -0.2) is 46.9 Å². The molecule has 0 radical (unpaired) electrons. The van der Waals surface area contributed by atoms with Crippen molar-refractivity contribution in [2.24, 2.45) is 0 Å². The zero-order valence-electron chi connectivity index (χ0n) is 19.5. The number of rotatable bonds is 10. The zero-order valence-corrected chi connectivity index (χ0v) is 20.4. The fraction of sp³-hybridized carbons (Fsp3) is 0.462. The number of ether oxygens (including phenoxy) is 1. The first-order chi connectivity index (χ1) is 16.1. The molecule has 0 aliphatic carbocycles. The molecule has 33 heavy (non-hydrogen) atoms. The largest absolute Gasteiger partial charge is 0.486 e. The molecule has 0 saturated carbocycles. The monoisotopic (exact) mass is 467 g/mol. The first-order valence-corrected chi connectivity index (χ1v) is 12.7. The number of hydrogen-bond donors (Lipinski definition) is 0. The van der Waals surface area contributed by atoms with Crippen LogP contribution in [0, 0.1) is 0 Å². The highest BCUT2D eigenvalue weighted by atomic mass is 32.1. The molecule has 0 atom stereocenters. The normalized spacial score (nSPS) is 14.5. The van der Waals surface area contributed by atoms with Crippen molar-refractivity contribution in [1.82, 2.24) is 14.8 Å². The number of benzene rings is 1. The van der Waals surface area contributed by atoms with E-state index in [0.717, 1.165) is 36.1 Å². The zero-order chi connectivity index (χ0) is 23.0. The van der Waals surface area contributed by atoms with Crippen molar-refractivity contribution in [3.05, 3.63) is 70.1 Å². The van der Waals surface area contributed by atoms with E-state index in [1.807, 2.05) is 28.5 Å². The van der Waals surface area contributed by atoms with Gasteiger partial charge in [0.25, 0.3) is 5.91 Å². The molecule has 1 aliphatic rings. The Morgan fingerprint density at radius 3 is 2.76 bits per heavy atom. The lowest BCUT2D eigenvalue weighted by Crippen LogP contribution is -2.40. The van der Waals surface area contributed by atoms with Gasteiger partial charge in [0.1, 0.15) is 17.4 Å². The Hall–Kier alpha value is -2.64. The van der Waals surface area contributed by atoms with Gasteiger partial charge in [0.2, 0.25) is 0 Å². The number of thiazole rings is 1. The minimum atomic E-state index is -0.0892. The molecule has 4 rings (SSSR count). The number of para-hydroxylation sites is 1. The maximum absolute atomic E-state index is 13.1. The van der Waals surface area contributed by atoms with Crippen LogP contribution in [0.15, 0.2) is 52.5 Å². The molecule has 0 bridgehead atoms. The van der Waals surface area contributed by atoms with Crippen molar-refractivity contribution in [2.45, 2.75) is 52.2 Å². The predicted molar refractivity (Wildman–Crippen MR) is 131 cm³/mol. The van der Waals surface area contributed by atoms with E-state index < -0.39 is 0 Å². The van der Waals surface area contributed by atoms with E-state index in [-0.39, 0.29) is 5.91 Å². The van der Waals surface area contributed by atoms with E-state index in [1.54, 1.807) is 29.7 Å². The minimum Gasteiger partial charge on any atom is -0.486 e. The summed E-state index contributed by atoms with van der Waals surface area (Å²) < 4.78 is 11.5. The van der Waals surface area contributed by atoms with Crippen LogP contribution in [0.5, 0.6) is 5.75 Å². The summed E-state index contributed by atoms with van der Waals surface area (Å²) in [6.07, 6.45) is 5.32. The maximum Gasteiger partial charge on any atom is 0.289 e. The third-order valence-electron chi connectivity index (χ3n) is 6.00. The van der Waals surface area contributed by atoms with Crippen LogP contribution in [-0.2, 0) is 13.2 Å². The topological polar surface area (TPSA) is 58.8 Å². The molecular weight excluding hydrogens is 434 g/mol. The smallest absolute Gasteiger partial charge is 0.289 e. The van der Waals surface area contributed by atoms with Gasteiger partial charge in [-0.25, -0.2) is 4.98 Å². The molecule has 7 heteroatoms. The first-order valence-electron chi connectivity index (χ1n) is 11.8. The first kappa shape index (κ1) is 23.5. The van der Waals surface area contributed by atoms with Crippen molar-refractivity contribution in [1.29, 1.82) is 0 Å². The van der Waals surface area contributed by atoms with Crippen molar-refractivity contribution < 1.29 is 13.9 Å². The Labute approximate surface area is 200 Å². The second-order valence-electron chi connectivity index (χ2n) is 8.82. The predicted octanol–water partition coefficient (Wildman–Crippen LogP) is 5.57. The van der Waals surface area contributed by atoms with Gasteiger partial charge in [0, 0.05) is 18.5 Å². The Morgan fingerprint density at radius 1 is 1.18 bits per heavy atom. The van der Waals surface area contributed by atoms with Crippen molar-refractivity contribution in [3.8, 4) is 5.75 Å². The Morgan fingerprint density at radius 2 is 2.00 bits per heavy atom. The van der Waals surface area contributed by atoms with Gasteiger partial charge in [0.05, 0.1) is 18.5 Å². The Kier molecular flexibility index (Phi) is 8.18. The second-order valence-corrected chi connectivity index (χ2v) is 9.76. The lowest BCUT2D eigenvalue weighted by molar-refractivity contribution is 0.0681. The van der Waals surface area contributed by atoms with E-state index >= 15 is 0 Å². The molecule has 0 unspecified atom stereocenters. The third-order valence-corrected chi connectivity index (χ3v) is 6.87. The van der Waals surface area contributed by atoms with Gasteiger partial charge in [-0.1, -0.05) is 38.5 Å². The Balaban J connectivity index is 1.39. The molecule has 1 saturated heterocycles. The highest BCUT2D eigenvalue weighted by Gasteiger charge is 2.21. The van der Waals surface area contributed by atoms with Crippen molar-refractivity contribution >= 4 is 17.2 Å². The van der Waals surface area contributed by atoms with E-state index in [1.165, 1.54) is 24.8 Å². The number of aromatic nitrogens is 1.